The normalized spacial score (nSPS) is 12.7. The van der Waals surface area contributed by atoms with Crippen molar-refractivity contribution in [1.29, 1.82) is 0 Å². The van der Waals surface area contributed by atoms with E-state index >= 15 is 0 Å². The zero-order chi connectivity index (χ0) is 17.9. The molecule has 2 N–H and O–H groups in total. The third-order valence-corrected chi connectivity index (χ3v) is 3.82. The first-order chi connectivity index (χ1) is 11.2. The first-order valence-corrected chi connectivity index (χ1v) is 7.71. The second-order valence-corrected chi connectivity index (χ2v) is 6.75. The quantitative estimate of drug-likeness (QED) is 0.878. The molecule has 0 radical (unpaired) electrons. The molecule has 0 spiro atoms. The Balaban J connectivity index is 2.23. The fourth-order valence-electron chi connectivity index (χ4n) is 2.39. The van der Waals surface area contributed by atoms with Gasteiger partial charge in [-0.05, 0) is 23.5 Å². The summed E-state index contributed by atoms with van der Waals surface area (Å²) < 4.78 is 5.02. The van der Waals surface area contributed by atoms with Crippen molar-refractivity contribution in [1.82, 2.24) is 10.3 Å². The van der Waals surface area contributed by atoms with Crippen LogP contribution in [0.1, 0.15) is 60.6 Å². The summed E-state index contributed by atoms with van der Waals surface area (Å²) in [5.41, 5.74) is 2.04. The Labute approximate surface area is 140 Å². The maximum Gasteiger partial charge on any atom is 0.305 e. The predicted octanol–water partition coefficient (Wildman–Crippen LogP) is 3.23. The Morgan fingerprint density at radius 1 is 1.25 bits per heavy atom. The molecule has 0 aliphatic heterocycles. The van der Waals surface area contributed by atoms with Gasteiger partial charge in [-0.15, -0.1) is 0 Å². The lowest BCUT2D eigenvalue weighted by molar-refractivity contribution is -0.137. The standard InChI is InChI=1S/C18H22N2O4/c1-11-16(19-10-24-11)17(23)20-14(9-15(21)22)12-5-7-13(8-6-12)18(2,3)4/h5-8,10,14H,9H2,1-4H3,(H,20,23)(H,21,22). The highest BCUT2D eigenvalue weighted by Gasteiger charge is 2.22. The van der Waals surface area contributed by atoms with Crippen LogP contribution < -0.4 is 5.32 Å². The number of rotatable bonds is 5. The van der Waals surface area contributed by atoms with Crippen molar-refractivity contribution in [2.24, 2.45) is 0 Å². The number of nitrogens with zero attached hydrogens (tertiary/aromatic N) is 1. The predicted molar refractivity (Wildman–Crippen MR) is 88.8 cm³/mol. The number of hydrogen-bond donors (Lipinski definition) is 2. The molecule has 1 aromatic heterocycles. The number of carboxylic acid groups (broad SMARTS) is 1. The molecular weight excluding hydrogens is 308 g/mol. The molecule has 24 heavy (non-hydrogen) atoms. The van der Waals surface area contributed by atoms with Gasteiger partial charge in [0.15, 0.2) is 12.1 Å². The van der Waals surface area contributed by atoms with Gasteiger partial charge >= 0.3 is 5.97 Å². The van der Waals surface area contributed by atoms with E-state index in [4.69, 9.17) is 9.52 Å². The molecule has 6 heteroatoms. The van der Waals surface area contributed by atoms with E-state index in [2.05, 4.69) is 31.1 Å². The largest absolute Gasteiger partial charge is 0.481 e. The zero-order valence-corrected chi connectivity index (χ0v) is 14.3. The van der Waals surface area contributed by atoms with Crippen LogP contribution in [0.5, 0.6) is 0 Å². The molecule has 1 heterocycles. The number of amides is 1. The molecule has 0 aliphatic rings. The summed E-state index contributed by atoms with van der Waals surface area (Å²) in [5.74, 6) is -1.05. The Morgan fingerprint density at radius 3 is 2.33 bits per heavy atom. The van der Waals surface area contributed by atoms with Crippen LogP contribution in [0.4, 0.5) is 0 Å². The lowest BCUT2D eigenvalue weighted by atomic mass is 9.86. The minimum Gasteiger partial charge on any atom is -0.481 e. The number of aliphatic carboxylic acids is 1. The van der Waals surface area contributed by atoms with Gasteiger partial charge in [0.25, 0.3) is 5.91 Å². The van der Waals surface area contributed by atoms with Gasteiger partial charge in [0, 0.05) is 0 Å². The van der Waals surface area contributed by atoms with E-state index in [0.717, 1.165) is 11.1 Å². The third kappa shape index (κ3) is 4.22. The summed E-state index contributed by atoms with van der Waals surface area (Å²) in [6.45, 7) is 7.94. The molecule has 6 nitrogen and oxygen atoms in total. The SMILES string of the molecule is Cc1ocnc1C(=O)NC(CC(=O)O)c1ccc(C(C)(C)C)cc1. The maximum atomic E-state index is 12.3. The fraction of sp³-hybridized carbons (Fsp3) is 0.389. The van der Waals surface area contributed by atoms with Gasteiger partial charge in [-0.2, -0.15) is 0 Å². The Kier molecular flexibility index (Phi) is 5.07. The smallest absolute Gasteiger partial charge is 0.305 e. The molecule has 0 saturated heterocycles. The van der Waals surface area contributed by atoms with Gasteiger partial charge in [-0.3, -0.25) is 9.59 Å². The van der Waals surface area contributed by atoms with Crippen molar-refractivity contribution in [3.63, 3.8) is 0 Å². The molecule has 1 unspecified atom stereocenters. The van der Waals surface area contributed by atoms with Crippen LogP contribution in [0.25, 0.3) is 0 Å². The van der Waals surface area contributed by atoms with E-state index in [1.54, 1.807) is 6.92 Å². The number of carboxylic acids is 1. The molecule has 1 amide bonds. The van der Waals surface area contributed by atoms with Crippen LogP contribution in [-0.4, -0.2) is 22.0 Å². The fourth-order valence-corrected chi connectivity index (χ4v) is 2.39. The van der Waals surface area contributed by atoms with E-state index in [-0.39, 0.29) is 17.5 Å². The molecule has 0 bridgehead atoms. The number of carbonyl (C=O) groups is 2. The Hall–Kier alpha value is -2.63. The number of aromatic nitrogens is 1. The van der Waals surface area contributed by atoms with E-state index < -0.39 is 17.9 Å². The number of hydrogen-bond acceptors (Lipinski definition) is 4. The second kappa shape index (κ2) is 6.86. The first-order valence-electron chi connectivity index (χ1n) is 7.71. The first kappa shape index (κ1) is 17.7. The number of aryl methyl sites for hydroxylation is 1. The monoisotopic (exact) mass is 330 g/mol. The highest BCUT2D eigenvalue weighted by molar-refractivity contribution is 5.93. The van der Waals surface area contributed by atoms with Gasteiger partial charge in [0.2, 0.25) is 0 Å². The van der Waals surface area contributed by atoms with Crippen molar-refractivity contribution in [3.05, 3.63) is 53.2 Å². The highest BCUT2D eigenvalue weighted by Crippen LogP contribution is 2.25. The molecule has 1 atom stereocenters. The maximum absolute atomic E-state index is 12.3. The van der Waals surface area contributed by atoms with Crippen molar-refractivity contribution < 1.29 is 19.1 Å². The van der Waals surface area contributed by atoms with E-state index in [1.165, 1.54) is 6.39 Å². The van der Waals surface area contributed by atoms with E-state index in [1.807, 2.05) is 24.3 Å². The van der Waals surface area contributed by atoms with Gasteiger partial charge in [-0.1, -0.05) is 45.0 Å². The summed E-state index contributed by atoms with van der Waals surface area (Å²) in [6, 6.07) is 6.98. The third-order valence-electron chi connectivity index (χ3n) is 3.82. The Bertz CT molecular complexity index is 726. The van der Waals surface area contributed by atoms with Crippen LogP contribution >= 0.6 is 0 Å². The van der Waals surface area contributed by atoms with Gasteiger partial charge < -0.3 is 14.8 Å². The van der Waals surface area contributed by atoms with Crippen molar-refractivity contribution in [3.8, 4) is 0 Å². The number of oxazole rings is 1. The van der Waals surface area contributed by atoms with Crippen LogP contribution in [0.15, 0.2) is 35.1 Å². The van der Waals surface area contributed by atoms with Gasteiger partial charge in [0.1, 0.15) is 5.76 Å². The summed E-state index contributed by atoms with van der Waals surface area (Å²) in [6.07, 6.45) is 0.978. The Morgan fingerprint density at radius 2 is 1.88 bits per heavy atom. The summed E-state index contributed by atoms with van der Waals surface area (Å²) in [4.78, 5) is 27.3. The topological polar surface area (TPSA) is 92.4 Å². The minimum atomic E-state index is -0.989. The lowest BCUT2D eigenvalue weighted by Gasteiger charge is -2.21. The minimum absolute atomic E-state index is 0.00188. The molecule has 0 saturated carbocycles. The molecule has 128 valence electrons. The number of benzene rings is 1. The van der Waals surface area contributed by atoms with Crippen molar-refractivity contribution in [2.45, 2.75) is 45.6 Å². The average Bonchev–Trinajstić information content (AvgIpc) is 2.91. The van der Waals surface area contributed by atoms with Gasteiger partial charge in [-0.25, -0.2) is 4.98 Å². The zero-order valence-electron chi connectivity index (χ0n) is 14.3. The van der Waals surface area contributed by atoms with Crippen molar-refractivity contribution in [2.75, 3.05) is 0 Å². The number of nitrogens with one attached hydrogen (secondary N) is 1. The van der Waals surface area contributed by atoms with Crippen LogP contribution in [-0.2, 0) is 10.2 Å². The summed E-state index contributed by atoms with van der Waals surface area (Å²) in [5, 5.41) is 11.9. The molecule has 0 fully saturated rings. The second-order valence-electron chi connectivity index (χ2n) is 6.75. The average molecular weight is 330 g/mol. The summed E-state index contributed by atoms with van der Waals surface area (Å²) >= 11 is 0. The lowest BCUT2D eigenvalue weighted by Crippen LogP contribution is -2.31. The van der Waals surface area contributed by atoms with E-state index in [0.29, 0.717) is 5.76 Å². The molecular formula is C18H22N2O4. The van der Waals surface area contributed by atoms with Crippen LogP contribution in [0.3, 0.4) is 0 Å². The molecule has 2 rings (SSSR count). The number of carbonyl (C=O) groups excluding carboxylic acids is 1. The van der Waals surface area contributed by atoms with Gasteiger partial charge in [0.05, 0.1) is 12.5 Å². The van der Waals surface area contributed by atoms with Crippen LogP contribution in [0, 0.1) is 6.92 Å². The highest BCUT2D eigenvalue weighted by atomic mass is 16.4. The molecule has 2 aromatic rings. The summed E-state index contributed by atoms with van der Waals surface area (Å²) in [7, 11) is 0. The van der Waals surface area contributed by atoms with Crippen LogP contribution in [0.2, 0.25) is 0 Å². The van der Waals surface area contributed by atoms with E-state index in [9.17, 15) is 9.59 Å². The molecule has 0 aliphatic carbocycles. The molecule has 1 aromatic carbocycles. The van der Waals surface area contributed by atoms with Crippen molar-refractivity contribution >= 4 is 11.9 Å².